The van der Waals surface area contributed by atoms with Gasteiger partial charge in [-0.1, -0.05) is 23.7 Å². The summed E-state index contributed by atoms with van der Waals surface area (Å²) in [5, 5.41) is 0.773. The molecular weight excluding hydrogens is 226 g/mol. The van der Waals surface area contributed by atoms with E-state index in [1.807, 2.05) is 30.0 Å². The minimum absolute atomic E-state index is 0.0868. The van der Waals surface area contributed by atoms with E-state index in [4.69, 9.17) is 17.3 Å². The van der Waals surface area contributed by atoms with Gasteiger partial charge in [-0.2, -0.15) is 11.8 Å². The van der Waals surface area contributed by atoms with Crippen molar-refractivity contribution in [3.63, 3.8) is 0 Å². The molecule has 0 bridgehead atoms. The zero-order valence-electron chi connectivity index (χ0n) is 8.87. The fourth-order valence-electron chi connectivity index (χ4n) is 2.10. The predicted molar refractivity (Wildman–Crippen MR) is 68.5 cm³/mol. The van der Waals surface area contributed by atoms with E-state index in [1.165, 1.54) is 18.6 Å². The van der Waals surface area contributed by atoms with Crippen LogP contribution in [0.1, 0.15) is 31.4 Å². The van der Waals surface area contributed by atoms with Crippen molar-refractivity contribution in [2.45, 2.75) is 30.6 Å². The zero-order chi connectivity index (χ0) is 10.9. The maximum atomic E-state index is 6.32. The van der Waals surface area contributed by atoms with Crippen LogP contribution >= 0.6 is 23.4 Å². The van der Waals surface area contributed by atoms with E-state index in [2.05, 4.69) is 13.0 Å². The zero-order valence-corrected chi connectivity index (χ0v) is 10.4. The van der Waals surface area contributed by atoms with E-state index in [-0.39, 0.29) is 10.8 Å². The molecule has 1 aliphatic heterocycles. The molecule has 0 saturated carbocycles. The quantitative estimate of drug-likeness (QED) is 0.856. The van der Waals surface area contributed by atoms with Crippen LogP contribution < -0.4 is 5.73 Å². The summed E-state index contributed by atoms with van der Waals surface area (Å²) >= 11 is 7.96. The summed E-state index contributed by atoms with van der Waals surface area (Å²) in [5.74, 6) is 1.23. The van der Waals surface area contributed by atoms with Gasteiger partial charge < -0.3 is 5.73 Å². The molecule has 1 heterocycles. The molecule has 2 atom stereocenters. The summed E-state index contributed by atoms with van der Waals surface area (Å²) in [7, 11) is 0. The Hall–Kier alpha value is -0.180. The topological polar surface area (TPSA) is 26.0 Å². The van der Waals surface area contributed by atoms with Gasteiger partial charge in [-0.3, -0.25) is 0 Å². The molecule has 1 aliphatic rings. The van der Waals surface area contributed by atoms with Crippen molar-refractivity contribution >= 4 is 23.4 Å². The normalized spacial score (nSPS) is 27.9. The highest BCUT2D eigenvalue weighted by atomic mass is 35.5. The molecule has 82 valence electrons. The molecule has 2 rings (SSSR count). The number of thioether (sulfide) groups is 1. The lowest BCUT2D eigenvalue weighted by Gasteiger charge is -2.30. The highest BCUT2D eigenvalue weighted by molar-refractivity contribution is 8.00. The third-order valence-corrected chi connectivity index (χ3v) is 4.96. The van der Waals surface area contributed by atoms with Crippen LogP contribution in [-0.2, 0) is 0 Å². The molecule has 0 radical (unpaired) electrons. The van der Waals surface area contributed by atoms with Crippen LogP contribution in [-0.4, -0.2) is 10.5 Å². The van der Waals surface area contributed by atoms with Crippen molar-refractivity contribution in [2.24, 2.45) is 5.73 Å². The van der Waals surface area contributed by atoms with Gasteiger partial charge in [0.1, 0.15) is 0 Å². The number of halogens is 1. The smallest absolute Gasteiger partial charge is 0.0442 e. The van der Waals surface area contributed by atoms with Gasteiger partial charge in [0, 0.05) is 15.8 Å². The molecular formula is C12H16ClNS. The van der Waals surface area contributed by atoms with Gasteiger partial charge in [-0.25, -0.2) is 0 Å². The standard InChI is InChI=1S/C12H16ClNS/c1-12(6-3-7-15-12)11(14)9-4-2-5-10(13)8-9/h2,4-5,8,11H,3,6-7,14H2,1H3. The Morgan fingerprint density at radius 3 is 2.93 bits per heavy atom. The van der Waals surface area contributed by atoms with Crippen molar-refractivity contribution in [1.82, 2.24) is 0 Å². The molecule has 3 heteroatoms. The molecule has 1 nitrogen and oxygen atoms in total. The Morgan fingerprint density at radius 2 is 2.33 bits per heavy atom. The summed E-state index contributed by atoms with van der Waals surface area (Å²) in [6, 6.07) is 8.00. The maximum Gasteiger partial charge on any atom is 0.0442 e. The molecule has 0 aliphatic carbocycles. The lowest BCUT2D eigenvalue weighted by atomic mass is 9.91. The average Bonchev–Trinajstić information content (AvgIpc) is 2.65. The molecule has 15 heavy (non-hydrogen) atoms. The van der Waals surface area contributed by atoms with Crippen LogP contribution in [0.5, 0.6) is 0 Å². The Kier molecular flexibility index (Phi) is 3.29. The Balaban J connectivity index is 2.23. The van der Waals surface area contributed by atoms with E-state index in [0.717, 1.165) is 10.6 Å². The van der Waals surface area contributed by atoms with E-state index in [0.29, 0.717) is 0 Å². The lowest BCUT2D eigenvalue weighted by Crippen LogP contribution is -2.33. The van der Waals surface area contributed by atoms with Crippen molar-refractivity contribution in [1.29, 1.82) is 0 Å². The van der Waals surface area contributed by atoms with E-state index in [9.17, 15) is 0 Å². The molecule has 1 saturated heterocycles. The summed E-state index contributed by atoms with van der Waals surface area (Å²) in [5.41, 5.74) is 7.48. The van der Waals surface area contributed by atoms with Crippen molar-refractivity contribution in [3.05, 3.63) is 34.9 Å². The number of hydrogen-bond donors (Lipinski definition) is 1. The molecule has 1 aromatic carbocycles. The van der Waals surface area contributed by atoms with Crippen LogP contribution in [0.25, 0.3) is 0 Å². The Bertz CT molecular complexity index is 347. The third kappa shape index (κ3) is 2.32. The van der Waals surface area contributed by atoms with Crippen molar-refractivity contribution in [3.8, 4) is 0 Å². The van der Waals surface area contributed by atoms with Gasteiger partial charge in [0.05, 0.1) is 0 Å². The molecule has 1 aromatic rings. The number of rotatable bonds is 2. The monoisotopic (exact) mass is 241 g/mol. The minimum atomic E-state index is 0.0868. The first-order chi connectivity index (χ1) is 7.12. The van der Waals surface area contributed by atoms with E-state index >= 15 is 0 Å². The molecule has 2 unspecified atom stereocenters. The van der Waals surface area contributed by atoms with E-state index < -0.39 is 0 Å². The fraction of sp³-hybridized carbons (Fsp3) is 0.500. The van der Waals surface area contributed by atoms with Crippen molar-refractivity contribution in [2.75, 3.05) is 5.75 Å². The lowest BCUT2D eigenvalue weighted by molar-refractivity contribution is 0.502. The molecule has 0 aromatic heterocycles. The summed E-state index contributed by atoms with van der Waals surface area (Å²) in [6.07, 6.45) is 2.47. The predicted octanol–water partition coefficient (Wildman–Crippen LogP) is 3.63. The Labute approximate surface area is 100 Å². The highest BCUT2D eigenvalue weighted by Crippen LogP contribution is 2.45. The van der Waals surface area contributed by atoms with Gasteiger partial charge in [0.2, 0.25) is 0 Å². The summed E-state index contributed by atoms with van der Waals surface area (Å²) < 4.78 is 0.185. The minimum Gasteiger partial charge on any atom is -0.323 e. The average molecular weight is 242 g/mol. The van der Waals surface area contributed by atoms with Gasteiger partial charge in [0.15, 0.2) is 0 Å². The summed E-state index contributed by atoms with van der Waals surface area (Å²) in [4.78, 5) is 0. The number of hydrogen-bond acceptors (Lipinski definition) is 2. The molecule has 1 fully saturated rings. The van der Waals surface area contributed by atoms with Crippen LogP contribution in [0, 0.1) is 0 Å². The van der Waals surface area contributed by atoms with Gasteiger partial charge in [-0.15, -0.1) is 0 Å². The summed E-state index contributed by atoms with van der Waals surface area (Å²) in [6.45, 7) is 2.26. The molecule has 2 N–H and O–H groups in total. The second-order valence-corrected chi connectivity index (χ2v) is 6.36. The SMILES string of the molecule is CC1(C(N)c2cccc(Cl)c2)CCCS1. The van der Waals surface area contributed by atoms with Crippen LogP contribution in [0.4, 0.5) is 0 Å². The Morgan fingerprint density at radius 1 is 1.53 bits per heavy atom. The van der Waals surface area contributed by atoms with Crippen LogP contribution in [0.2, 0.25) is 5.02 Å². The van der Waals surface area contributed by atoms with Crippen LogP contribution in [0.15, 0.2) is 24.3 Å². The maximum absolute atomic E-state index is 6.32. The largest absolute Gasteiger partial charge is 0.323 e. The first kappa shape index (κ1) is 11.3. The second kappa shape index (κ2) is 4.36. The third-order valence-electron chi connectivity index (χ3n) is 3.11. The van der Waals surface area contributed by atoms with Crippen molar-refractivity contribution < 1.29 is 0 Å². The second-order valence-electron chi connectivity index (χ2n) is 4.30. The highest BCUT2D eigenvalue weighted by Gasteiger charge is 2.36. The number of benzene rings is 1. The first-order valence-electron chi connectivity index (χ1n) is 5.27. The van der Waals surface area contributed by atoms with E-state index in [1.54, 1.807) is 0 Å². The van der Waals surface area contributed by atoms with Gasteiger partial charge >= 0.3 is 0 Å². The fourth-order valence-corrected chi connectivity index (χ4v) is 3.66. The van der Waals surface area contributed by atoms with Gasteiger partial charge in [-0.05, 0) is 43.2 Å². The first-order valence-corrected chi connectivity index (χ1v) is 6.63. The number of nitrogens with two attached hydrogens (primary N) is 1. The molecule has 0 spiro atoms. The van der Waals surface area contributed by atoms with Crippen LogP contribution in [0.3, 0.4) is 0 Å². The van der Waals surface area contributed by atoms with Gasteiger partial charge in [0.25, 0.3) is 0 Å². The molecule has 0 amide bonds.